The van der Waals surface area contributed by atoms with Crippen molar-refractivity contribution in [2.75, 3.05) is 47.5 Å². The maximum Gasteiger partial charge on any atom is 0.306 e. The van der Waals surface area contributed by atoms with E-state index in [2.05, 4.69) is 86.8 Å². The third-order valence-electron chi connectivity index (χ3n) is 12.7. The van der Waals surface area contributed by atoms with Gasteiger partial charge in [0.2, 0.25) is 0 Å². The van der Waals surface area contributed by atoms with E-state index < -0.39 is 26.5 Å². The first-order valence-electron chi connectivity index (χ1n) is 29.6. The molecule has 0 aliphatic carbocycles. The summed E-state index contributed by atoms with van der Waals surface area (Å²) in [6, 6.07) is 0. The van der Waals surface area contributed by atoms with Crippen LogP contribution in [-0.2, 0) is 32.7 Å². The Labute approximate surface area is 444 Å². The molecular formula is C62H112NO8P. The summed E-state index contributed by atoms with van der Waals surface area (Å²) in [7, 11) is 1.15. The topological polar surface area (TPSA) is 111 Å². The predicted molar refractivity (Wildman–Crippen MR) is 305 cm³/mol. The molecule has 0 aromatic heterocycles. The number of ether oxygens (including phenoxy) is 2. The molecule has 0 fully saturated rings. The van der Waals surface area contributed by atoms with Gasteiger partial charge < -0.3 is 27.9 Å². The lowest BCUT2D eigenvalue weighted by atomic mass is 10.0. The van der Waals surface area contributed by atoms with E-state index in [1.54, 1.807) is 0 Å². The molecule has 0 rings (SSSR count). The molecule has 9 nitrogen and oxygen atoms in total. The molecule has 0 saturated carbocycles. The highest BCUT2D eigenvalue weighted by molar-refractivity contribution is 7.45. The van der Waals surface area contributed by atoms with E-state index >= 15 is 0 Å². The minimum atomic E-state index is -4.64. The Bertz CT molecular complexity index is 1450. The molecule has 2 unspecified atom stereocenters. The normalized spacial score (nSPS) is 13.8. The van der Waals surface area contributed by atoms with Gasteiger partial charge >= 0.3 is 11.9 Å². The van der Waals surface area contributed by atoms with Crippen LogP contribution in [0.1, 0.15) is 258 Å². The van der Waals surface area contributed by atoms with E-state index in [0.717, 1.165) is 83.5 Å². The van der Waals surface area contributed by atoms with Gasteiger partial charge in [0.25, 0.3) is 7.82 Å². The van der Waals surface area contributed by atoms with Crippen molar-refractivity contribution in [2.24, 2.45) is 0 Å². The Kier molecular flexibility index (Phi) is 51.4. The molecule has 0 aliphatic heterocycles. The number of phosphoric ester groups is 1. The number of unbranched alkanes of at least 4 members (excludes halogenated alkanes) is 28. The van der Waals surface area contributed by atoms with Crippen LogP contribution in [0.25, 0.3) is 0 Å². The van der Waals surface area contributed by atoms with Crippen molar-refractivity contribution >= 4 is 19.8 Å². The number of rotatable bonds is 54. The Morgan fingerprint density at radius 3 is 1.19 bits per heavy atom. The average Bonchev–Trinajstić information content (AvgIpc) is 3.34. The van der Waals surface area contributed by atoms with Crippen molar-refractivity contribution in [3.63, 3.8) is 0 Å². The molecule has 0 N–H and O–H groups in total. The summed E-state index contributed by atoms with van der Waals surface area (Å²) in [4.78, 5) is 37.9. The molecule has 0 amide bonds. The van der Waals surface area contributed by atoms with Crippen LogP contribution in [0.15, 0.2) is 72.9 Å². The summed E-state index contributed by atoms with van der Waals surface area (Å²) in [6.45, 7) is 4.12. The molecule has 0 aromatic rings. The zero-order valence-electron chi connectivity index (χ0n) is 47.4. The number of carbonyl (C=O) groups is 2. The molecule has 0 aromatic carbocycles. The summed E-state index contributed by atoms with van der Waals surface area (Å²) in [5, 5.41) is 0. The number of hydrogen-bond acceptors (Lipinski definition) is 8. The summed E-state index contributed by atoms with van der Waals surface area (Å²) in [6.07, 6.45) is 69.5. The Balaban J connectivity index is 4.16. The lowest BCUT2D eigenvalue weighted by Crippen LogP contribution is -2.37. The number of phosphoric acid groups is 1. The van der Waals surface area contributed by atoms with Crippen LogP contribution in [0.5, 0.6) is 0 Å². The lowest BCUT2D eigenvalue weighted by molar-refractivity contribution is -0.870. The van der Waals surface area contributed by atoms with Gasteiger partial charge in [0, 0.05) is 12.8 Å². The summed E-state index contributed by atoms with van der Waals surface area (Å²) in [5.74, 6) is -0.851. The molecule has 10 heteroatoms. The maximum absolute atomic E-state index is 12.8. The highest BCUT2D eigenvalue weighted by Crippen LogP contribution is 2.38. The third-order valence-corrected chi connectivity index (χ3v) is 13.7. The van der Waals surface area contributed by atoms with E-state index in [4.69, 9.17) is 18.5 Å². The first kappa shape index (κ1) is 69.5. The van der Waals surface area contributed by atoms with Crippen LogP contribution in [-0.4, -0.2) is 70.0 Å². The zero-order valence-corrected chi connectivity index (χ0v) is 48.3. The van der Waals surface area contributed by atoms with Crippen LogP contribution in [0.4, 0.5) is 0 Å². The van der Waals surface area contributed by atoms with Gasteiger partial charge in [-0.2, -0.15) is 0 Å². The monoisotopic (exact) mass is 1030 g/mol. The standard InChI is InChI=1S/C62H112NO8P/c1-6-8-10-12-14-16-18-20-22-24-26-28-29-30-31-32-33-35-36-38-40-42-44-46-48-50-52-54-61(64)68-58-60(59-70-72(66,67)69-57-56-63(3,4)5)71-62(65)55-53-51-49-47-45-43-41-39-37-34-27-25-23-21-19-17-15-13-11-9-7-2/h9,11,15,17,21,23-24,26-27,34,39,41,60H,6-8,10,12-14,16,18-20,22,25,28-33,35-38,40,42-59H2,1-5H3/b11-9-,17-15-,23-21-,26-24-,34-27-,41-39-. The molecule has 72 heavy (non-hydrogen) atoms. The van der Waals surface area contributed by atoms with E-state index in [1.807, 2.05) is 21.1 Å². The molecular weight excluding hydrogens is 918 g/mol. The van der Waals surface area contributed by atoms with Gasteiger partial charge in [-0.15, -0.1) is 0 Å². The Hall–Kier alpha value is -2.55. The van der Waals surface area contributed by atoms with Crippen LogP contribution in [0, 0.1) is 0 Å². The smallest absolute Gasteiger partial charge is 0.306 e. The van der Waals surface area contributed by atoms with E-state index in [1.165, 1.54) is 141 Å². The molecule has 0 saturated heterocycles. The van der Waals surface area contributed by atoms with Crippen molar-refractivity contribution < 1.29 is 42.1 Å². The SMILES string of the molecule is CC/C=C\C/C=C\C/C=C\C/C=C\C/C=C\CCCCCCCC(=O)OC(COC(=O)CCCCCCCCCCCCCCCCC/C=C\CCCCCCCCCC)COP(=O)([O-])OCC[N+](C)(C)C. The van der Waals surface area contributed by atoms with Gasteiger partial charge in [-0.1, -0.05) is 234 Å². The third kappa shape index (κ3) is 56.7. The zero-order chi connectivity index (χ0) is 52.7. The fourth-order valence-corrected chi connectivity index (χ4v) is 8.88. The van der Waals surface area contributed by atoms with Crippen LogP contribution < -0.4 is 4.89 Å². The average molecular weight is 1030 g/mol. The van der Waals surface area contributed by atoms with Gasteiger partial charge in [0.1, 0.15) is 19.8 Å². The van der Waals surface area contributed by atoms with Crippen molar-refractivity contribution in [1.29, 1.82) is 0 Å². The van der Waals surface area contributed by atoms with Crippen LogP contribution >= 0.6 is 7.82 Å². The number of quaternary nitrogens is 1. The second kappa shape index (κ2) is 53.3. The minimum Gasteiger partial charge on any atom is -0.756 e. The largest absolute Gasteiger partial charge is 0.756 e. The molecule has 2 atom stereocenters. The van der Waals surface area contributed by atoms with E-state index in [9.17, 15) is 19.0 Å². The molecule has 0 aliphatic rings. The first-order valence-corrected chi connectivity index (χ1v) is 31.1. The number of carbonyl (C=O) groups excluding carboxylic acids is 2. The fraction of sp³-hybridized carbons (Fsp3) is 0.774. The predicted octanol–water partition coefficient (Wildman–Crippen LogP) is 17.8. The first-order chi connectivity index (χ1) is 35.0. The molecule has 0 radical (unpaired) electrons. The summed E-state index contributed by atoms with van der Waals surface area (Å²) in [5.41, 5.74) is 0. The summed E-state index contributed by atoms with van der Waals surface area (Å²) >= 11 is 0. The quantitative estimate of drug-likeness (QED) is 0.0195. The number of allylic oxidation sites excluding steroid dienone is 12. The number of esters is 2. The minimum absolute atomic E-state index is 0.0373. The lowest BCUT2D eigenvalue weighted by Gasteiger charge is -2.28. The molecule has 418 valence electrons. The second-order valence-electron chi connectivity index (χ2n) is 21.0. The Morgan fingerprint density at radius 1 is 0.444 bits per heavy atom. The summed E-state index contributed by atoms with van der Waals surface area (Å²) < 4.78 is 34.2. The van der Waals surface area contributed by atoms with Crippen molar-refractivity contribution in [1.82, 2.24) is 0 Å². The van der Waals surface area contributed by atoms with Crippen molar-refractivity contribution in [3.05, 3.63) is 72.9 Å². The van der Waals surface area contributed by atoms with E-state index in [-0.39, 0.29) is 32.0 Å². The van der Waals surface area contributed by atoms with Crippen molar-refractivity contribution in [3.8, 4) is 0 Å². The molecule has 0 spiro atoms. The van der Waals surface area contributed by atoms with Gasteiger partial charge in [-0.05, 0) is 83.5 Å². The number of likely N-dealkylation sites (N-methyl/N-ethyl adjacent to an activating group) is 1. The van der Waals surface area contributed by atoms with Crippen LogP contribution in [0.2, 0.25) is 0 Å². The van der Waals surface area contributed by atoms with Gasteiger partial charge in [-0.25, -0.2) is 0 Å². The fourth-order valence-electron chi connectivity index (χ4n) is 8.15. The number of hydrogen-bond donors (Lipinski definition) is 0. The second-order valence-corrected chi connectivity index (χ2v) is 22.4. The highest BCUT2D eigenvalue weighted by atomic mass is 31.2. The van der Waals surface area contributed by atoms with Gasteiger partial charge in [0.05, 0.1) is 27.7 Å². The van der Waals surface area contributed by atoms with Gasteiger partial charge in [-0.3, -0.25) is 14.2 Å². The number of nitrogens with zero attached hydrogens (tertiary/aromatic N) is 1. The Morgan fingerprint density at radius 2 is 0.792 bits per heavy atom. The molecule has 0 bridgehead atoms. The van der Waals surface area contributed by atoms with E-state index in [0.29, 0.717) is 17.4 Å². The molecule has 0 heterocycles. The maximum atomic E-state index is 12.8. The van der Waals surface area contributed by atoms with Crippen LogP contribution in [0.3, 0.4) is 0 Å². The van der Waals surface area contributed by atoms with Crippen molar-refractivity contribution in [2.45, 2.75) is 264 Å². The highest BCUT2D eigenvalue weighted by Gasteiger charge is 2.22. The van der Waals surface area contributed by atoms with Gasteiger partial charge in [0.15, 0.2) is 6.10 Å².